The number of carbonyl (C=O) groups excluding carboxylic acids is 1. The summed E-state index contributed by atoms with van der Waals surface area (Å²) in [6, 6.07) is 14.7. The van der Waals surface area contributed by atoms with Crippen LogP contribution < -0.4 is 4.74 Å². The third kappa shape index (κ3) is 2.82. The number of nitrogens with zero attached hydrogens (tertiary/aromatic N) is 1. The number of benzene rings is 2. The zero-order chi connectivity index (χ0) is 16.4. The summed E-state index contributed by atoms with van der Waals surface area (Å²) in [4.78, 5) is 11.8. The highest BCUT2D eigenvalue weighted by atomic mass is 16.5. The summed E-state index contributed by atoms with van der Waals surface area (Å²) >= 11 is 0. The molecule has 0 N–H and O–H groups in total. The number of nitriles is 1. The van der Waals surface area contributed by atoms with Crippen LogP contribution in [-0.2, 0) is 4.74 Å². The van der Waals surface area contributed by atoms with E-state index in [4.69, 9.17) is 14.7 Å². The van der Waals surface area contributed by atoms with Crippen LogP contribution in [0.3, 0.4) is 0 Å². The molecule has 1 aliphatic heterocycles. The van der Waals surface area contributed by atoms with Gasteiger partial charge in [-0.1, -0.05) is 12.1 Å². The van der Waals surface area contributed by atoms with E-state index in [0.717, 1.165) is 22.4 Å². The van der Waals surface area contributed by atoms with Gasteiger partial charge in [-0.15, -0.1) is 0 Å². The van der Waals surface area contributed by atoms with Crippen molar-refractivity contribution in [1.29, 1.82) is 5.26 Å². The lowest BCUT2D eigenvalue weighted by Crippen LogP contribution is -2.16. The highest BCUT2D eigenvalue weighted by Gasteiger charge is 2.21. The Bertz CT molecular complexity index is 829. The van der Waals surface area contributed by atoms with Crippen LogP contribution in [0.1, 0.15) is 34.0 Å². The van der Waals surface area contributed by atoms with Crippen LogP contribution in [-0.4, -0.2) is 19.2 Å². The zero-order valence-corrected chi connectivity index (χ0v) is 12.9. The van der Waals surface area contributed by atoms with Crippen LogP contribution in [0.4, 0.5) is 0 Å². The van der Waals surface area contributed by atoms with E-state index in [0.29, 0.717) is 11.1 Å². The first-order chi connectivity index (χ1) is 11.1. The molecule has 4 heteroatoms. The number of esters is 1. The molecule has 0 saturated carbocycles. The predicted octanol–water partition coefficient (Wildman–Crippen LogP) is 3.56. The normalized spacial score (nSPS) is 15.7. The van der Waals surface area contributed by atoms with E-state index in [1.165, 1.54) is 7.11 Å². The smallest absolute Gasteiger partial charge is 0.337 e. The third-order valence-electron chi connectivity index (χ3n) is 3.73. The Morgan fingerprint density at radius 1 is 1.22 bits per heavy atom. The van der Waals surface area contributed by atoms with Gasteiger partial charge in [0.25, 0.3) is 0 Å². The second-order valence-corrected chi connectivity index (χ2v) is 5.29. The minimum absolute atomic E-state index is 0.0721. The Balaban J connectivity index is 2.10. The molecule has 0 fully saturated rings. The molecule has 2 aromatic carbocycles. The molecule has 4 nitrogen and oxygen atoms in total. The van der Waals surface area contributed by atoms with Gasteiger partial charge in [0, 0.05) is 5.56 Å². The lowest BCUT2D eigenvalue weighted by molar-refractivity contribution is 0.0600. The molecule has 1 unspecified atom stereocenters. The Labute approximate surface area is 134 Å². The van der Waals surface area contributed by atoms with E-state index in [1.54, 1.807) is 30.3 Å². The number of carbonyl (C=O) groups is 1. The molecule has 0 spiro atoms. The van der Waals surface area contributed by atoms with E-state index >= 15 is 0 Å². The van der Waals surface area contributed by atoms with Crippen molar-refractivity contribution in [3.8, 4) is 11.8 Å². The SMILES string of the molecule is COC(=O)c1ccc2c(c1)C(c1ccc(C#N)cc1)=CC(C)O2. The zero-order valence-electron chi connectivity index (χ0n) is 12.9. The van der Waals surface area contributed by atoms with Crippen molar-refractivity contribution in [3.05, 3.63) is 70.8 Å². The molecule has 0 bridgehead atoms. The molecule has 1 heterocycles. The summed E-state index contributed by atoms with van der Waals surface area (Å²) in [5.41, 5.74) is 3.88. The summed E-state index contributed by atoms with van der Waals surface area (Å²) < 4.78 is 10.6. The molecule has 0 radical (unpaired) electrons. The van der Waals surface area contributed by atoms with Crippen molar-refractivity contribution in [2.75, 3.05) is 7.11 Å². The van der Waals surface area contributed by atoms with E-state index in [1.807, 2.05) is 25.1 Å². The van der Waals surface area contributed by atoms with Crippen molar-refractivity contribution in [3.63, 3.8) is 0 Å². The molecular formula is C19H15NO3. The molecule has 1 atom stereocenters. The number of hydrogen-bond acceptors (Lipinski definition) is 4. The Morgan fingerprint density at radius 3 is 2.61 bits per heavy atom. The molecule has 3 rings (SSSR count). The number of rotatable bonds is 2. The number of methoxy groups -OCH3 is 1. The Kier molecular flexibility index (Phi) is 3.86. The first kappa shape index (κ1) is 14.9. The topological polar surface area (TPSA) is 59.3 Å². The van der Waals surface area contributed by atoms with Crippen molar-refractivity contribution >= 4 is 11.5 Å². The Hall–Kier alpha value is -3.06. The second-order valence-electron chi connectivity index (χ2n) is 5.29. The highest BCUT2D eigenvalue weighted by Crippen LogP contribution is 2.36. The highest BCUT2D eigenvalue weighted by molar-refractivity contribution is 5.93. The second kappa shape index (κ2) is 5.98. The van der Waals surface area contributed by atoms with Gasteiger partial charge in [-0.05, 0) is 54.5 Å². The quantitative estimate of drug-likeness (QED) is 0.796. The summed E-state index contributed by atoms with van der Waals surface area (Å²) in [7, 11) is 1.36. The fraction of sp³-hybridized carbons (Fsp3) is 0.158. The van der Waals surface area contributed by atoms with E-state index in [-0.39, 0.29) is 12.1 Å². The van der Waals surface area contributed by atoms with Crippen LogP contribution in [0.2, 0.25) is 0 Å². The van der Waals surface area contributed by atoms with Crippen molar-refractivity contribution < 1.29 is 14.3 Å². The van der Waals surface area contributed by atoms with Gasteiger partial charge < -0.3 is 9.47 Å². The Morgan fingerprint density at radius 2 is 1.96 bits per heavy atom. The van der Waals surface area contributed by atoms with Gasteiger partial charge in [0.1, 0.15) is 11.9 Å². The number of ether oxygens (including phenoxy) is 2. The summed E-state index contributed by atoms with van der Waals surface area (Å²) in [6.07, 6.45) is 1.93. The van der Waals surface area contributed by atoms with E-state index < -0.39 is 0 Å². The van der Waals surface area contributed by atoms with Gasteiger partial charge in [0.05, 0.1) is 24.3 Å². The predicted molar refractivity (Wildman–Crippen MR) is 86.1 cm³/mol. The molecule has 2 aromatic rings. The van der Waals surface area contributed by atoms with Gasteiger partial charge in [0.15, 0.2) is 0 Å². The lowest BCUT2D eigenvalue weighted by atomic mass is 9.92. The first-order valence-corrected chi connectivity index (χ1v) is 7.24. The van der Waals surface area contributed by atoms with Crippen LogP contribution >= 0.6 is 0 Å². The van der Waals surface area contributed by atoms with E-state index in [9.17, 15) is 4.79 Å². The maximum absolute atomic E-state index is 11.8. The van der Waals surface area contributed by atoms with Crippen molar-refractivity contribution in [2.45, 2.75) is 13.0 Å². The average molecular weight is 305 g/mol. The molecule has 0 saturated heterocycles. The van der Waals surface area contributed by atoms with Gasteiger partial charge in [0.2, 0.25) is 0 Å². The lowest BCUT2D eigenvalue weighted by Gasteiger charge is -2.24. The third-order valence-corrected chi connectivity index (χ3v) is 3.73. The first-order valence-electron chi connectivity index (χ1n) is 7.24. The van der Waals surface area contributed by atoms with Gasteiger partial charge in [-0.25, -0.2) is 4.79 Å². The van der Waals surface area contributed by atoms with Crippen LogP contribution in [0, 0.1) is 11.3 Å². The van der Waals surface area contributed by atoms with Crippen LogP contribution in [0.15, 0.2) is 48.5 Å². The van der Waals surface area contributed by atoms with Gasteiger partial charge in [-0.3, -0.25) is 0 Å². The molecule has 0 amide bonds. The average Bonchev–Trinajstić information content (AvgIpc) is 2.60. The van der Waals surface area contributed by atoms with Crippen LogP contribution in [0.25, 0.3) is 5.57 Å². The summed E-state index contributed by atoms with van der Waals surface area (Å²) in [5, 5.41) is 8.93. The fourth-order valence-electron chi connectivity index (χ4n) is 2.62. The van der Waals surface area contributed by atoms with Gasteiger partial charge >= 0.3 is 5.97 Å². The van der Waals surface area contributed by atoms with Crippen LogP contribution in [0.5, 0.6) is 5.75 Å². The maximum atomic E-state index is 11.8. The summed E-state index contributed by atoms with van der Waals surface area (Å²) in [6.45, 7) is 1.96. The van der Waals surface area contributed by atoms with Crippen molar-refractivity contribution in [2.24, 2.45) is 0 Å². The molecule has 114 valence electrons. The maximum Gasteiger partial charge on any atom is 0.337 e. The molecule has 0 aliphatic carbocycles. The minimum Gasteiger partial charge on any atom is -0.486 e. The summed E-state index contributed by atoms with van der Waals surface area (Å²) in [5.74, 6) is 0.345. The van der Waals surface area contributed by atoms with Crippen molar-refractivity contribution in [1.82, 2.24) is 0 Å². The standard InChI is InChI=1S/C19H15NO3/c1-12-9-16(14-5-3-13(11-20)4-6-14)17-10-15(19(21)22-2)7-8-18(17)23-12/h3-10,12H,1-2H3. The minimum atomic E-state index is -0.384. The molecule has 1 aliphatic rings. The number of fused-ring (bicyclic) bond motifs is 1. The fourth-order valence-corrected chi connectivity index (χ4v) is 2.62. The van der Waals surface area contributed by atoms with Gasteiger partial charge in [-0.2, -0.15) is 5.26 Å². The monoisotopic (exact) mass is 305 g/mol. The number of hydrogen-bond donors (Lipinski definition) is 0. The molecule has 0 aromatic heterocycles. The van der Waals surface area contributed by atoms with E-state index in [2.05, 4.69) is 6.07 Å². The molecular weight excluding hydrogens is 290 g/mol. The molecule has 23 heavy (non-hydrogen) atoms. The largest absolute Gasteiger partial charge is 0.486 e.